The third kappa shape index (κ3) is 2.93. The van der Waals surface area contributed by atoms with Gasteiger partial charge in [-0.15, -0.1) is 0 Å². The Morgan fingerprint density at radius 1 is 1.12 bits per heavy atom. The van der Waals surface area contributed by atoms with Gasteiger partial charge in [-0.1, -0.05) is 11.6 Å². The molecule has 0 radical (unpaired) electrons. The van der Waals surface area contributed by atoms with Crippen LogP contribution < -0.4 is 10.5 Å². The van der Waals surface area contributed by atoms with E-state index in [1.54, 1.807) is 7.11 Å². The molecule has 0 aliphatic carbocycles. The lowest BCUT2D eigenvalue weighted by Gasteiger charge is -2.24. The van der Waals surface area contributed by atoms with Crippen LogP contribution in [0.2, 0.25) is 5.02 Å². The van der Waals surface area contributed by atoms with Gasteiger partial charge >= 0.3 is 0 Å². The molecule has 0 fully saturated rings. The smallest absolute Gasteiger partial charge is 0.125 e. The summed E-state index contributed by atoms with van der Waals surface area (Å²) < 4.78 is 5.52. The van der Waals surface area contributed by atoms with Crippen molar-refractivity contribution in [1.29, 1.82) is 0 Å². The van der Waals surface area contributed by atoms with Crippen molar-refractivity contribution < 1.29 is 4.74 Å². The molecular formula is C14H22ClNO. The van der Waals surface area contributed by atoms with E-state index in [1.165, 1.54) is 0 Å². The first-order valence-corrected chi connectivity index (χ1v) is 6.18. The highest BCUT2D eigenvalue weighted by Crippen LogP contribution is 2.37. The second kappa shape index (κ2) is 4.87. The van der Waals surface area contributed by atoms with Crippen molar-refractivity contribution in [3.05, 3.63) is 27.3 Å². The Morgan fingerprint density at radius 2 is 1.65 bits per heavy atom. The van der Waals surface area contributed by atoms with Crippen LogP contribution in [0.4, 0.5) is 0 Å². The maximum absolute atomic E-state index is 6.35. The van der Waals surface area contributed by atoms with Gasteiger partial charge in [-0.2, -0.15) is 0 Å². The minimum Gasteiger partial charge on any atom is -0.496 e. The summed E-state index contributed by atoms with van der Waals surface area (Å²) in [4.78, 5) is 0. The molecule has 0 atom stereocenters. The second-order valence-electron chi connectivity index (χ2n) is 5.37. The van der Waals surface area contributed by atoms with E-state index in [1.807, 2.05) is 34.6 Å². The van der Waals surface area contributed by atoms with Crippen molar-refractivity contribution in [3.8, 4) is 5.75 Å². The van der Waals surface area contributed by atoms with Crippen LogP contribution in [0.5, 0.6) is 5.75 Å². The molecular weight excluding hydrogens is 234 g/mol. The van der Waals surface area contributed by atoms with Crippen molar-refractivity contribution in [1.82, 2.24) is 0 Å². The first kappa shape index (κ1) is 14.3. The van der Waals surface area contributed by atoms with Gasteiger partial charge in [0, 0.05) is 16.1 Å². The molecule has 0 aromatic heterocycles. The molecule has 2 N–H and O–H groups in total. The molecule has 1 rings (SSSR count). The van der Waals surface area contributed by atoms with Gasteiger partial charge in [0.05, 0.1) is 7.11 Å². The minimum atomic E-state index is -0.275. The van der Waals surface area contributed by atoms with Gasteiger partial charge < -0.3 is 10.5 Å². The first-order chi connectivity index (χ1) is 7.69. The highest BCUT2D eigenvalue weighted by Gasteiger charge is 2.21. The fraction of sp³-hybridized carbons (Fsp3) is 0.571. The van der Waals surface area contributed by atoms with E-state index in [0.717, 1.165) is 39.4 Å². The highest BCUT2D eigenvalue weighted by molar-refractivity contribution is 6.32. The van der Waals surface area contributed by atoms with E-state index in [4.69, 9.17) is 22.1 Å². The number of methoxy groups -OCH3 is 1. The molecule has 0 heterocycles. The van der Waals surface area contributed by atoms with Crippen molar-refractivity contribution in [2.75, 3.05) is 7.11 Å². The zero-order valence-electron chi connectivity index (χ0n) is 11.6. The van der Waals surface area contributed by atoms with Gasteiger partial charge in [0.1, 0.15) is 5.75 Å². The molecule has 3 heteroatoms. The summed E-state index contributed by atoms with van der Waals surface area (Å²) in [7, 11) is 1.70. The van der Waals surface area contributed by atoms with E-state index >= 15 is 0 Å². The lowest BCUT2D eigenvalue weighted by atomic mass is 9.89. The first-order valence-electron chi connectivity index (χ1n) is 5.80. The number of benzene rings is 1. The predicted octanol–water partition coefficient (Wildman–Crippen LogP) is 3.55. The number of halogens is 1. The molecule has 96 valence electrons. The molecule has 1 aromatic rings. The average Bonchev–Trinajstić information content (AvgIpc) is 2.22. The normalized spacial score (nSPS) is 11.8. The summed E-state index contributed by atoms with van der Waals surface area (Å²) in [6, 6.07) is 0. The molecule has 0 saturated carbocycles. The summed E-state index contributed by atoms with van der Waals surface area (Å²) in [5, 5.41) is 0.822. The van der Waals surface area contributed by atoms with Crippen LogP contribution in [-0.2, 0) is 6.42 Å². The molecule has 0 amide bonds. The second-order valence-corrected chi connectivity index (χ2v) is 5.74. The highest BCUT2D eigenvalue weighted by atomic mass is 35.5. The summed E-state index contributed by atoms with van der Waals surface area (Å²) in [5.41, 5.74) is 10.2. The molecule has 1 aromatic carbocycles. The van der Waals surface area contributed by atoms with E-state index in [9.17, 15) is 0 Å². The van der Waals surface area contributed by atoms with Crippen LogP contribution in [0.25, 0.3) is 0 Å². The number of nitrogens with two attached hydrogens (primary N) is 1. The van der Waals surface area contributed by atoms with Crippen LogP contribution in [0.15, 0.2) is 0 Å². The lowest BCUT2D eigenvalue weighted by Crippen LogP contribution is -2.35. The quantitative estimate of drug-likeness (QED) is 0.897. The number of ether oxygens (including phenoxy) is 1. The Hall–Kier alpha value is -0.730. The SMILES string of the molecule is COc1c(C)c(C)c(Cl)c(C)c1CC(C)(C)N. The summed E-state index contributed by atoms with van der Waals surface area (Å²) in [5.74, 6) is 0.919. The van der Waals surface area contributed by atoms with Crippen LogP contribution in [-0.4, -0.2) is 12.6 Å². The zero-order chi connectivity index (χ0) is 13.4. The Labute approximate surface area is 109 Å². The van der Waals surface area contributed by atoms with Gasteiger partial charge in [-0.25, -0.2) is 0 Å². The molecule has 0 spiro atoms. The number of rotatable bonds is 3. The molecule has 0 aliphatic heterocycles. The van der Waals surface area contributed by atoms with E-state index in [0.29, 0.717) is 0 Å². The summed E-state index contributed by atoms with van der Waals surface area (Å²) in [6.07, 6.45) is 0.753. The van der Waals surface area contributed by atoms with Gasteiger partial charge in [-0.05, 0) is 57.7 Å². The van der Waals surface area contributed by atoms with E-state index in [2.05, 4.69) is 0 Å². The van der Waals surface area contributed by atoms with Crippen LogP contribution in [0.1, 0.15) is 36.1 Å². The molecule has 17 heavy (non-hydrogen) atoms. The van der Waals surface area contributed by atoms with Crippen LogP contribution in [0, 0.1) is 20.8 Å². The number of hydrogen-bond donors (Lipinski definition) is 1. The average molecular weight is 256 g/mol. The molecule has 0 bridgehead atoms. The monoisotopic (exact) mass is 255 g/mol. The van der Waals surface area contributed by atoms with E-state index in [-0.39, 0.29) is 5.54 Å². The minimum absolute atomic E-state index is 0.275. The van der Waals surface area contributed by atoms with Crippen LogP contribution in [0.3, 0.4) is 0 Å². The molecule has 0 unspecified atom stereocenters. The summed E-state index contributed by atoms with van der Waals surface area (Å²) in [6.45, 7) is 10.1. The maximum atomic E-state index is 6.35. The number of hydrogen-bond acceptors (Lipinski definition) is 2. The fourth-order valence-corrected chi connectivity index (χ4v) is 2.35. The van der Waals surface area contributed by atoms with Crippen molar-refractivity contribution in [3.63, 3.8) is 0 Å². The topological polar surface area (TPSA) is 35.2 Å². The Kier molecular flexibility index (Phi) is 4.11. The maximum Gasteiger partial charge on any atom is 0.125 e. The van der Waals surface area contributed by atoms with E-state index < -0.39 is 0 Å². The molecule has 0 aliphatic rings. The van der Waals surface area contributed by atoms with Gasteiger partial charge in [0.25, 0.3) is 0 Å². The summed E-state index contributed by atoms with van der Waals surface area (Å²) >= 11 is 6.35. The third-order valence-corrected chi connectivity index (χ3v) is 3.69. The fourth-order valence-electron chi connectivity index (χ4n) is 2.09. The van der Waals surface area contributed by atoms with Gasteiger partial charge in [0.15, 0.2) is 0 Å². The Bertz CT molecular complexity index is 433. The third-order valence-electron chi connectivity index (χ3n) is 3.12. The molecule has 0 saturated heterocycles. The van der Waals surface area contributed by atoms with Crippen molar-refractivity contribution >= 4 is 11.6 Å². The van der Waals surface area contributed by atoms with Gasteiger partial charge in [0.2, 0.25) is 0 Å². The zero-order valence-corrected chi connectivity index (χ0v) is 12.3. The van der Waals surface area contributed by atoms with Crippen molar-refractivity contribution in [2.45, 2.75) is 46.6 Å². The Morgan fingerprint density at radius 3 is 2.06 bits per heavy atom. The Balaban J connectivity index is 3.47. The standard InChI is InChI=1S/C14H22ClNO/c1-8-9(2)13(17-6)11(7-14(4,5)16)10(3)12(8)15/h7,16H2,1-6H3. The van der Waals surface area contributed by atoms with Crippen molar-refractivity contribution in [2.24, 2.45) is 5.73 Å². The largest absolute Gasteiger partial charge is 0.496 e. The molecule has 2 nitrogen and oxygen atoms in total. The van der Waals surface area contributed by atoms with Crippen LogP contribution >= 0.6 is 11.6 Å². The van der Waals surface area contributed by atoms with Gasteiger partial charge in [-0.3, -0.25) is 0 Å². The lowest BCUT2D eigenvalue weighted by molar-refractivity contribution is 0.398. The predicted molar refractivity (Wildman–Crippen MR) is 74.2 cm³/mol.